The lowest BCUT2D eigenvalue weighted by Crippen LogP contribution is -2.19. The van der Waals surface area contributed by atoms with Gasteiger partial charge in [0.15, 0.2) is 0 Å². The van der Waals surface area contributed by atoms with E-state index in [1.54, 1.807) is 13.0 Å². The average Bonchev–Trinajstić information content (AvgIpc) is 2.28. The Kier molecular flexibility index (Phi) is 4.45. The lowest BCUT2D eigenvalue weighted by molar-refractivity contribution is -0.384. The third-order valence-electron chi connectivity index (χ3n) is 2.19. The van der Waals surface area contributed by atoms with Gasteiger partial charge in [0.25, 0.3) is 5.69 Å². The van der Waals surface area contributed by atoms with Crippen molar-refractivity contribution in [3.63, 3.8) is 0 Å². The van der Waals surface area contributed by atoms with Gasteiger partial charge in [0.1, 0.15) is 11.9 Å². The van der Waals surface area contributed by atoms with Crippen molar-refractivity contribution in [3.05, 3.63) is 34.4 Å². The molecule has 1 aromatic carbocycles. The summed E-state index contributed by atoms with van der Waals surface area (Å²) in [6.07, 6.45) is -0.0803. The van der Waals surface area contributed by atoms with Gasteiger partial charge in [0, 0.05) is 6.07 Å². The molecule has 0 saturated carbocycles. The number of aliphatic carboxylic acids is 1. The highest BCUT2D eigenvalue weighted by Gasteiger charge is 2.14. The van der Waals surface area contributed by atoms with Gasteiger partial charge in [0.05, 0.1) is 17.4 Å². The zero-order chi connectivity index (χ0) is 12.8. The Labute approximate surface area is 98.0 Å². The Bertz CT molecular complexity index is 418. The van der Waals surface area contributed by atoms with Crippen molar-refractivity contribution in [1.29, 1.82) is 0 Å². The molecule has 0 aromatic heterocycles. The van der Waals surface area contributed by atoms with Crippen molar-refractivity contribution in [3.8, 4) is 5.75 Å². The first-order valence-corrected chi connectivity index (χ1v) is 5.15. The Balaban J connectivity index is 2.75. The average molecular weight is 239 g/mol. The number of carbonyl (C=O) groups is 1. The van der Waals surface area contributed by atoms with Crippen molar-refractivity contribution in [1.82, 2.24) is 0 Å². The molecule has 0 radical (unpaired) electrons. The maximum absolute atomic E-state index is 10.5. The number of ether oxygens (including phenoxy) is 1. The van der Waals surface area contributed by atoms with Crippen LogP contribution in [0.5, 0.6) is 5.75 Å². The molecule has 0 bridgehead atoms. The maximum atomic E-state index is 10.5. The Morgan fingerprint density at radius 1 is 1.59 bits per heavy atom. The zero-order valence-corrected chi connectivity index (χ0v) is 9.33. The minimum Gasteiger partial charge on any atom is -0.490 e. The number of carboxylic acids is 1. The Morgan fingerprint density at radius 3 is 2.82 bits per heavy atom. The normalized spacial score (nSPS) is 11.8. The molecular formula is C11H13NO5. The SMILES string of the molecule is CCC(CC(=O)O)Oc1cccc([N+](=O)[O-])c1. The Hall–Kier alpha value is -2.11. The number of carboxylic acid groups (broad SMARTS) is 1. The van der Waals surface area contributed by atoms with Gasteiger partial charge in [-0.15, -0.1) is 0 Å². The van der Waals surface area contributed by atoms with Gasteiger partial charge in [-0.25, -0.2) is 0 Å². The third kappa shape index (κ3) is 4.10. The molecule has 0 aliphatic rings. The van der Waals surface area contributed by atoms with Crippen LogP contribution < -0.4 is 4.74 Å². The minimum absolute atomic E-state index is 0.0762. The molecule has 6 heteroatoms. The van der Waals surface area contributed by atoms with Gasteiger partial charge in [-0.2, -0.15) is 0 Å². The number of nitro benzene ring substituents is 1. The van der Waals surface area contributed by atoms with Gasteiger partial charge in [-0.1, -0.05) is 13.0 Å². The predicted molar refractivity (Wildman–Crippen MR) is 60.1 cm³/mol. The summed E-state index contributed by atoms with van der Waals surface area (Å²) < 4.78 is 5.38. The van der Waals surface area contributed by atoms with Crippen molar-refractivity contribution in [2.24, 2.45) is 0 Å². The zero-order valence-electron chi connectivity index (χ0n) is 9.33. The van der Waals surface area contributed by atoms with Crippen LogP contribution >= 0.6 is 0 Å². The summed E-state index contributed by atoms with van der Waals surface area (Å²) >= 11 is 0. The smallest absolute Gasteiger partial charge is 0.307 e. The molecule has 0 heterocycles. The second kappa shape index (κ2) is 5.83. The third-order valence-corrected chi connectivity index (χ3v) is 2.19. The van der Waals surface area contributed by atoms with Crippen molar-refractivity contribution >= 4 is 11.7 Å². The van der Waals surface area contributed by atoms with E-state index >= 15 is 0 Å². The fourth-order valence-electron chi connectivity index (χ4n) is 1.33. The van der Waals surface area contributed by atoms with E-state index in [9.17, 15) is 14.9 Å². The van der Waals surface area contributed by atoms with E-state index in [4.69, 9.17) is 9.84 Å². The number of nitrogens with zero attached hydrogens (tertiary/aromatic N) is 1. The summed E-state index contributed by atoms with van der Waals surface area (Å²) in [6.45, 7) is 1.80. The van der Waals surface area contributed by atoms with Crippen LogP contribution in [0.4, 0.5) is 5.69 Å². The molecule has 6 nitrogen and oxygen atoms in total. The summed E-state index contributed by atoms with van der Waals surface area (Å²) in [5, 5.41) is 19.2. The number of benzene rings is 1. The lowest BCUT2D eigenvalue weighted by Gasteiger charge is -2.15. The topological polar surface area (TPSA) is 89.7 Å². The van der Waals surface area contributed by atoms with Crippen LogP contribution in [0.2, 0.25) is 0 Å². The van der Waals surface area contributed by atoms with Gasteiger partial charge < -0.3 is 9.84 Å². The molecule has 0 fully saturated rings. The van der Waals surface area contributed by atoms with E-state index < -0.39 is 17.0 Å². The van der Waals surface area contributed by atoms with Crippen LogP contribution in [-0.4, -0.2) is 22.1 Å². The monoisotopic (exact) mass is 239 g/mol. The molecule has 17 heavy (non-hydrogen) atoms. The minimum atomic E-state index is -0.956. The molecule has 0 aliphatic heterocycles. The first-order chi connectivity index (χ1) is 8.02. The van der Waals surface area contributed by atoms with Crippen molar-refractivity contribution in [2.45, 2.75) is 25.9 Å². The van der Waals surface area contributed by atoms with E-state index in [1.165, 1.54) is 18.2 Å². The first-order valence-electron chi connectivity index (χ1n) is 5.15. The largest absolute Gasteiger partial charge is 0.490 e. The molecule has 1 atom stereocenters. The molecule has 0 aliphatic carbocycles. The van der Waals surface area contributed by atoms with Crippen LogP contribution in [0.1, 0.15) is 19.8 Å². The highest BCUT2D eigenvalue weighted by atomic mass is 16.6. The molecule has 0 saturated heterocycles. The van der Waals surface area contributed by atoms with E-state index in [1.807, 2.05) is 0 Å². The summed E-state index contributed by atoms with van der Waals surface area (Å²) in [7, 11) is 0. The maximum Gasteiger partial charge on any atom is 0.307 e. The summed E-state index contributed by atoms with van der Waals surface area (Å²) in [5.41, 5.74) is -0.0762. The highest BCUT2D eigenvalue weighted by molar-refractivity contribution is 5.67. The van der Waals surface area contributed by atoms with Crippen LogP contribution in [0.3, 0.4) is 0 Å². The van der Waals surface area contributed by atoms with E-state index in [0.29, 0.717) is 12.2 Å². The van der Waals surface area contributed by atoms with Crippen molar-refractivity contribution < 1.29 is 19.6 Å². The van der Waals surface area contributed by atoms with Crippen LogP contribution in [0.15, 0.2) is 24.3 Å². The quantitative estimate of drug-likeness (QED) is 0.607. The second-order valence-corrected chi connectivity index (χ2v) is 3.50. The number of nitro groups is 1. The molecule has 92 valence electrons. The lowest BCUT2D eigenvalue weighted by atomic mass is 10.2. The van der Waals surface area contributed by atoms with Gasteiger partial charge in [-0.05, 0) is 12.5 Å². The first kappa shape index (κ1) is 13.0. The number of non-ortho nitro benzene ring substituents is 1. The van der Waals surface area contributed by atoms with Crippen LogP contribution in [-0.2, 0) is 4.79 Å². The molecule has 1 N–H and O–H groups in total. The second-order valence-electron chi connectivity index (χ2n) is 3.50. The van der Waals surface area contributed by atoms with Crippen molar-refractivity contribution in [2.75, 3.05) is 0 Å². The fraction of sp³-hybridized carbons (Fsp3) is 0.364. The number of hydrogen-bond acceptors (Lipinski definition) is 4. The molecule has 0 amide bonds. The molecule has 0 spiro atoms. The van der Waals surface area contributed by atoms with E-state index in [2.05, 4.69) is 0 Å². The van der Waals surface area contributed by atoms with Crippen LogP contribution in [0.25, 0.3) is 0 Å². The van der Waals surface area contributed by atoms with Gasteiger partial charge >= 0.3 is 5.97 Å². The molecule has 1 aromatic rings. The Morgan fingerprint density at radius 2 is 2.29 bits per heavy atom. The standard InChI is InChI=1S/C11H13NO5/c1-2-9(7-11(13)14)17-10-5-3-4-8(6-10)12(15)16/h3-6,9H,2,7H2,1H3,(H,13,14). The van der Waals surface area contributed by atoms with Gasteiger partial charge in [0.2, 0.25) is 0 Å². The summed E-state index contributed by atoms with van der Waals surface area (Å²) in [5.74, 6) is -0.644. The highest BCUT2D eigenvalue weighted by Crippen LogP contribution is 2.21. The van der Waals surface area contributed by atoms with Crippen LogP contribution in [0, 0.1) is 10.1 Å². The molecule has 1 unspecified atom stereocenters. The summed E-state index contributed by atoms with van der Waals surface area (Å²) in [4.78, 5) is 20.6. The number of rotatable bonds is 6. The van der Waals surface area contributed by atoms with E-state index in [-0.39, 0.29) is 12.1 Å². The summed E-state index contributed by atoms with van der Waals surface area (Å²) in [6, 6.07) is 5.70. The van der Waals surface area contributed by atoms with E-state index in [0.717, 1.165) is 0 Å². The number of hydrogen-bond donors (Lipinski definition) is 1. The predicted octanol–water partition coefficient (Wildman–Crippen LogP) is 2.23. The molecule has 1 rings (SSSR count). The van der Waals surface area contributed by atoms with Gasteiger partial charge in [-0.3, -0.25) is 14.9 Å². The fourth-order valence-corrected chi connectivity index (χ4v) is 1.33. The molecular weight excluding hydrogens is 226 g/mol.